The first kappa shape index (κ1) is 23.8. The van der Waals surface area contributed by atoms with Crippen molar-refractivity contribution < 1.29 is 23.2 Å². The van der Waals surface area contributed by atoms with E-state index in [9.17, 15) is 14.4 Å². The van der Waals surface area contributed by atoms with Gasteiger partial charge in [-0.25, -0.2) is 0 Å². The number of carbonyl (C=O) groups excluding carboxylic acids is 3. The summed E-state index contributed by atoms with van der Waals surface area (Å²) in [6.07, 6.45) is 2.87. The highest BCUT2D eigenvalue weighted by atomic mass is 35.5. The molecule has 0 aliphatic rings. The summed E-state index contributed by atoms with van der Waals surface area (Å²) in [6, 6.07) is 21.0. The van der Waals surface area contributed by atoms with E-state index in [-0.39, 0.29) is 23.9 Å². The van der Waals surface area contributed by atoms with Gasteiger partial charge in [-0.15, -0.1) is 0 Å². The SMILES string of the molecule is O=C(NCC(=O)N(c1ccccc1Cl)C(C(=O)NCc1ccco1)c1ccccc1)c1ccco1. The molecule has 2 aromatic heterocycles. The van der Waals surface area contributed by atoms with E-state index in [1.807, 2.05) is 6.07 Å². The minimum absolute atomic E-state index is 0.0675. The Morgan fingerprint density at radius 2 is 1.54 bits per heavy atom. The number of hydrogen-bond donors (Lipinski definition) is 2. The van der Waals surface area contributed by atoms with Crippen LogP contribution in [-0.4, -0.2) is 24.3 Å². The number of nitrogens with zero attached hydrogens (tertiary/aromatic N) is 1. The van der Waals surface area contributed by atoms with Crippen molar-refractivity contribution in [2.75, 3.05) is 11.4 Å². The van der Waals surface area contributed by atoms with Gasteiger partial charge in [0, 0.05) is 0 Å². The van der Waals surface area contributed by atoms with Crippen molar-refractivity contribution in [2.45, 2.75) is 12.6 Å². The lowest BCUT2D eigenvalue weighted by atomic mass is 10.0. The van der Waals surface area contributed by atoms with Crippen LogP contribution in [0.2, 0.25) is 5.02 Å². The van der Waals surface area contributed by atoms with Crippen molar-refractivity contribution in [3.63, 3.8) is 0 Å². The molecule has 0 bridgehead atoms. The fraction of sp³-hybridized carbons (Fsp3) is 0.115. The van der Waals surface area contributed by atoms with Crippen molar-refractivity contribution >= 4 is 35.0 Å². The standard InChI is InChI=1S/C26H22ClN3O5/c27-20-11-4-5-12-21(20)30(23(31)17-29-25(32)22-13-7-15-35-22)24(18-8-2-1-3-9-18)26(33)28-16-19-10-6-14-34-19/h1-15,24H,16-17H2,(H,28,33)(H,29,32). The lowest BCUT2D eigenvalue weighted by Gasteiger charge is -2.32. The summed E-state index contributed by atoms with van der Waals surface area (Å²) >= 11 is 6.46. The van der Waals surface area contributed by atoms with Crippen LogP contribution >= 0.6 is 11.6 Å². The molecule has 9 heteroatoms. The Kier molecular flexibility index (Phi) is 7.64. The maximum atomic E-state index is 13.5. The molecule has 3 amide bonds. The smallest absolute Gasteiger partial charge is 0.287 e. The second kappa shape index (κ2) is 11.2. The van der Waals surface area contributed by atoms with Crippen molar-refractivity contribution in [3.8, 4) is 0 Å². The van der Waals surface area contributed by atoms with Crippen LogP contribution < -0.4 is 15.5 Å². The molecule has 4 rings (SSSR count). The van der Waals surface area contributed by atoms with E-state index in [4.69, 9.17) is 20.4 Å². The number of furan rings is 2. The quantitative estimate of drug-likeness (QED) is 0.362. The maximum absolute atomic E-state index is 13.5. The number of hydrogen-bond acceptors (Lipinski definition) is 5. The van der Waals surface area contributed by atoms with E-state index >= 15 is 0 Å². The van der Waals surface area contributed by atoms with Crippen molar-refractivity contribution in [1.29, 1.82) is 0 Å². The number of nitrogens with one attached hydrogen (secondary N) is 2. The molecule has 8 nitrogen and oxygen atoms in total. The molecule has 0 radical (unpaired) electrons. The van der Waals surface area contributed by atoms with E-state index in [0.717, 1.165) is 0 Å². The molecule has 35 heavy (non-hydrogen) atoms. The molecule has 0 aliphatic heterocycles. The molecular formula is C26H22ClN3O5. The zero-order valence-corrected chi connectivity index (χ0v) is 19.3. The zero-order chi connectivity index (χ0) is 24.6. The highest BCUT2D eigenvalue weighted by Gasteiger charge is 2.34. The zero-order valence-electron chi connectivity index (χ0n) is 18.5. The lowest BCUT2D eigenvalue weighted by molar-refractivity contribution is -0.126. The Balaban J connectivity index is 1.66. The number of rotatable bonds is 9. The van der Waals surface area contributed by atoms with Gasteiger partial charge in [0.15, 0.2) is 5.76 Å². The number of anilines is 1. The van der Waals surface area contributed by atoms with Gasteiger partial charge in [0.25, 0.3) is 5.91 Å². The number of halogens is 1. The van der Waals surface area contributed by atoms with Crippen LogP contribution in [0, 0.1) is 0 Å². The molecule has 1 atom stereocenters. The van der Waals surface area contributed by atoms with E-state index in [1.165, 1.54) is 23.5 Å². The molecule has 2 aromatic carbocycles. The van der Waals surface area contributed by atoms with Gasteiger partial charge < -0.3 is 19.5 Å². The van der Waals surface area contributed by atoms with Crippen LogP contribution in [0.1, 0.15) is 27.9 Å². The summed E-state index contributed by atoms with van der Waals surface area (Å²) in [4.78, 5) is 40.7. The molecule has 1 unspecified atom stereocenters. The van der Waals surface area contributed by atoms with Crippen LogP contribution in [0.3, 0.4) is 0 Å². The third kappa shape index (κ3) is 5.80. The molecule has 0 fully saturated rings. The molecule has 2 N–H and O–H groups in total. The minimum Gasteiger partial charge on any atom is -0.467 e. The Bertz CT molecular complexity index is 1270. The second-order valence-electron chi connectivity index (χ2n) is 7.49. The Labute approximate surface area is 206 Å². The molecule has 4 aromatic rings. The molecule has 0 aliphatic carbocycles. The van der Waals surface area contributed by atoms with Crippen molar-refractivity contribution in [2.24, 2.45) is 0 Å². The van der Waals surface area contributed by atoms with Crippen LogP contribution in [0.15, 0.2) is 100 Å². The second-order valence-corrected chi connectivity index (χ2v) is 7.89. The Morgan fingerprint density at radius 3 is 2.23 bits per heavy atom. The summed E-state index contributed by atoms with van der Waals surface area (Å²) < 4.78 is 10.4. The number of benzene rings is 2. The van der Waals surface area contributed by atoms with Gasteiger partial charge in [-0.2, -0.15) is 0 Å². The van der Waals surface area contributed by atoms with E-state index < -0.39 is 23.8 Å². The van der Waals surface area contributed by atoms with E-state index in [2.05, 4.69) is 10.6 Å². The molecule has 178 valence electrons. The highest BCUT2D eigenvalue weighted by Crippen LogP contribution is 2.33. The average Bonchev–Trinajstić information content (AvgIpc) is 3.60. The Morgan fingerprint density at radius 1 is 0.829 bits per heavy atom. The number of para-hydroxylation sites is 1. The first-order valence-electron chi connectivity index (χ1n) is 10.8. The third-order valence-electron chi connectivity index (χ3n) is 5.16. The average molecular weight is 492 g/mol. The Hall–Kier alpha value is -4.30. The van der Waals surface area contributed by atoms with E-state index in [0.29, 0.717) is 17.0 Å². The normalized spacial score (nSPS) is 11.5. The lowest BCUT2D eigenvalue weighted by Crippen LogP contribution is -2.47. The fourth-order valence-corrected chi connectivity index (χ4v) is 3.76. The predicted octanol–water partition coefficient (Wildman–Crippen LogP) is 4.35. The van der Waals surface area contributed by atoms with Gasteiger partial charge in [-0.3, -0.25) is 19.3 Å². The van der Waals surface area contributed by atoms with Crippen molar-refractivity contribution in [1.82, 2.24) is 10.6 Å². The van der Waals surface area contributed by atoms with Gasteiger partial charge in [0.1, 0.15) is 11.8 Å². The summed E-state index contributed by atoms with van der Waals surface area (Å²) in [7, 11) is 0. The summed E-state index contributed by atoms with van der Waals surface area (Å²) in [5, 5.41) is 5.64. The van der Waals surface area contributed by atoms with Gasteiger partial charge >= 0.3 is 0 Å². The molecular weight excluding hydrogens is 470 g/mol. The first-order chi connectivity index (χ1) is 17.0. The third-order valence-corrected chi connectivity index (χ3v) is 5.48. The van der Waals surface area contributed by atoms with Crippen LogP contribution in [0.5, 0.6) is 0 Å². The molecule has 2 heterocycles. The fourth-order valence-electron chi connectivity index (χ4n) is 3.54. The number of amides is 3. The largest absolute Gasteiger partial charge is 0.467 e. The van der Waals surface area contributed by atoms with Gasteiger partial charge in [-0.1, -0.05) is 54.1 Å². The van der Waals surface area contributed by atoms with Gasteiger partial charge in [0.05, 0.1) is 36.3 Å². The summed E-state index contributed by atoms with van der Waals surface area (Å²) in [6.45, 7) is -0.255. The molecule has 0 spiro atoms. The predicted molar refractivity (Wildman–Crippen MR) is 130 cm³/mol. The van der Waals surface area contributed by atoms with Crippen LogP contribution in [-0.2, 0) is 16.1 Å². The maximum Gasteiger partial charge on any atom is 0.287 e. The van der Waals surface area contributed by atoms with Crippen LogP contribution in [0.4, 0.5) is 5.69 Å². The first-order valence-corrected chi connectivity index (χ1v) is 11.2. The van der Waals surface area contributed by atoms with Crippen molar-refractivity contribution in [3.05, 3.63) is 113 Å². The van der Waals surface area contributed by atoms with E-state index in [1.54, 1.807) is 66.7 Å². The van der Waals surface area contributed by atoms with Gasteiger partial charge in [0.2, 0.25) is 11.8 Å². The topological polar surface area (TPSA) is 105 Å². The molecule has 0 saturated carbocycles. The van der Waals surface area contributed by atoms with Gasteiger partial charge in [-0.05, 0) is 42.0 Å². The summed E-state index contributed by atoms with van der Waals surface area (Å²) in [5.41, 5.74) is 0.892. The van der Waals surface area contributed by atoms with Crippen LogP contribution in [0.25, 0.3) is 0 Å². The minimum atomic E-state index is -1.07. The summed E-state index contributed by atoms with van der Waals surface area (Å²) in [5.74, 6) is -0.913. The monoisotopic (exact) mass is 491 g/mol. The number of carbonyl (C=O) groups is 3. The highest BCUT2D eigenvalue weighted by molar-refractivity contribution is 6.34. The molecule has 0 saturated heterocycles.